The van der Waals surface area contributed by atoms with E-state index in [0.29, 0.717) is 0 Å². The Balaban J connectivity index is 2.53. The van der Waals surface area contributed by atoms with Gasteiger partial charge in [-0.3, -0.25) is 0 Å². The first-order chi connectivity index (χ1) is 4.11. The lowest BCUT2D eigenvalue weighted by Crippen LogP contribution is -2.24. The van der Waals surface area contributed by atoms with E-state index in [2.05, 4.69) is 9.73 Å². The van der Waals surface area contributed by atoms with Gasteiger partial charge in [0.25, 0.3) is 6.40 Å². The molecule has 49 valence electrons. The molecular formula is C4HF3NO. The Labute approximate surface area is 49.3 Å². The zero-order valence-electron chi connectivity index (χ0n) is 4.07. The molecule has 9 heavy (non-hydrogen) atoms. The Morgan fingerprint density at radius 2 is 2.11 bits per heavy atom. The molecule has 5 heteroatoms. The number of rotatable bonds is 0. The van der Waals surface area contributed by atoms with E-state index >= 15 is 0 Å². The van der Waals surface area contributed by atoms with Gasteiger partial charge in [0, 0.05) is 0 Å². The highest BCUT2D eigenvalue weighted by atomic mass is 19.4. The molecule has 0 aliphatic carbocycles. The molecule has 1 aliphatic rings. The number of nitrogens with zero attached hydrogens (tertiary/aromatic N) is 1. The second kappa shape index (κ2) is 1.89. The first kappa shape index (κ1) is 6.38. The fourth-order valence-electron chi connectivity index (χ4n) is 0.328. The number of halogens is 3. The summed E-state index contributed by atoms with van der Waals surface area (Å²) in [5.41, 5.74) is 0. The first-order valence-corrected chi connectivity index (χ1v) is 2.03. The molecule has 3 radical (unpaired) electrons. The topological polar surface area (TPSA) is 21.6 Å². The maximum atomic E-state index is 11.5. The highest BCUT2D eigenvalue weighted by Crippen LogP contribution is 2.26. The zero-order valence-corrected chi connectivity index (χ0v) is 4.07. The lowest BCUT2D eigenvalue weighted by molar-refractivity contribution is -0.142. The van der Waals surface area contributed by atoms with Crippen LogP contribution in [0, 0.1) is 6.61 Å². The van der Waals surface area contributed by atoms with Gasteiger partial charge in [0.05, 0.1) is 0 Å². The molecule has 0 aromatic carbocycles. The Morgan fingerprint density at radius 1 is 1.44 bits per heavy atom. The number of hydrogen-bond donors (Lipinski definition) is 0. The molecule has 1 atom stereocenters. The van der Waals surface area contributed by atoms with E-state index in [4.69, 9.17) is 0 Å². The van der Waals surface area contributed by atoms with Crippen molar-refractivity contribution in [3.8, 4) is 0 Å². The number of hydrogen-bond acceptors (Lipinski definition) is 2. The smallest absolute Gasteiger partial charge is 0.415 e. The Kier molecular flexibility index (Phi) is 1.34. The summed E-state index contributed by atoms with van der Waals surface area (Å²) in [5, 5.41) is 0. The lowest BCUT2D eigenvalue weighted by Gasteiger charge is -2.06. The van der Waals surface area contributed by atoms with Gasteiger partial charge in [-0.1, -0.05) is 0 Å². The summed E-state index contributed by atoms with van der Waals surface area (Å²) in [7, 11) is 0. The van der Waals surface area contributed by atoms with Gasteiger partial charge in [0.1, 0.15) is 0 Å². The third-order valence-corrected chi connectivity index (χ3v) is 0.708. The summed E-state index contributed by atoms with van der Waals surface area (Å²) >= 11 is 0. The summed E-state index contributed by atoms with van der Waals surface area (Å²) in [4.78, 5) is 2.80. The monoisotopic (exact) mass is 136 g/mol. The van der Waals surface area contributed by atoms with Crippen molar-refractivity contribution in [3.05, 3.63) is 6.61 Å². The lowest BCUT2D eigenvalue weighted by atomic mass is 10.3. The molecule has 0 amide bonds. The van der Waals surface area contributed by atoms with E-state index in [1.807, 2.05) is 0 Å². The first-order valence-electron chi connectivity index (χ1n) is 2.03. The normalized spacial score (nSPS) is 26.3. The quantitative estimate of drug-likeness (QED) is 0.484. The highest BCUT2D eigenvalue weighted by molar-refractivity contribution is 5.50. The highest BCUT2D eigenvalue weighted by Gasteiger charge is 2.43. The second-order valence-electron chi connectivity index (χ2n) is 1.38. The predicted molar refractivity (Wildman–Crippen MR) is 21.6 cm³/mol. The summed E-state index contributed by atoms with van der Waals surface area (Å²) in [5.74, 6) is 0. The van der Waals surface area contributed by atoms with Crippen LogP contribution in [0.2, 0.25) is 0 Å². The van der Waals surface area contributed by atoms with Gasteiger partial charge in [-0.25, -0.2) is 4.99 Å². The molecule has 1 aliphatic heterocycles. The van der Waals surface area contributed by atoms with E-state index in [1.165, 1.54) is 0 Å². The van der Waals surface area contributed by atoms with Gasteiger partial charge in [-0.2, -0.15) is 13.2 Å². The van der Waals surface area contributed by atoms with E-state index in [0.717, 1.165) is 0 Å². The summed E-state index contributed by atoms with van der Waals surface area (Å²) in [6.45, 7) is 1.59. The molecule has 0 N–H and O–H groups in total. The van der Waals surface area contributed by atoms with Crippen LogP contribution in [0.3, 0.4) is 0 Å². The molecule has 0 aromatic heterocycles. The largest absolute Gasteiger partial charge is 0.456 e. The van der Waals surface area contributed by atoms with Gasteiger partial charge in [-0.05, 0) is 0 Å². The number of alkyl halides is 3. The maximum Gasteiger partial charge on any atom is 0.415 e. The minimum atomic E-state index is -4.39. The molecule has 0 bridgehead atoms. The van der Waals surface area contributed by atoms with E-state index in [9.17, 15) is 13.2 Å². The zero-order chi connectivity index (χ0) is 6.91. The van der Waals surface area contributed by atoms with Crippen molar-refractivity contribution in [2.45, 2.75) is 12.2 Å². The van der Waals surface area contributed by atoms with E-state index in [1.54, 1.807) is 13.0 Å². The average Bonchev–Trinajstić information content (AvgIpc) is 2.08. The van der Waals surface area contributed by atoms with Crippen LogP contribution < -0.4 is 0 Å². The van der Waals surface area contributed by atoms with Crippen molar-refractivity contribution in [3.63, 3.8) is 0 Å². The van der Waals surface area contributed by atoms with Crippen LogP contribution in [0.1, 0.15) is 0 Å². The minimum absolute atomic E-state index is 1.59. The molecule has 0 spiro atoms. The van der Waals surface area contributed by atoms with Crippen LogP contribution in [0.15, 0.2) is 4.99 Å². The van der Waals surface area contributed by atoms with Crippen molar-refractivity contribution in [1.82, 2.24) is 0 Å². The molecule has 0 saturated carbocycles. The number of ether oxygens (including phenoxy) is 1. The van der Waals surface area contributed by atoms with Gasteiger partial charge < -0.3 is 4.74 Å². The van der Waals surface area contributed by atoms with Crippen LogP contribution in [0.25, 0.3) is 0 Å². The van der Waals surface area contributed by atoms with Crippen LogP contribution in [0.5, 0.6) is 0 Å². The van der Waals surface area contributed by atoms with Crippen LogP contribution >= 0.6 is 0 Å². The Hall–Kier alpha value is -0.740. The van der Waals surface area contributed by atoms with Crippen LogP contribution in [-0.4, -0.2) is 18.6 Å². The minimum Gasteiger partial charge on any atom is -0.456 e. The third kappa shape index (κ3) is 1.34. The summed E-state index contributed by atoms with van der Waals surface area (Å²) < 4.78 is 38.4. The molecule has 0 fully saturated rings. The fourth-order valence-corrected chi connectivity index (χ4v) is 0.328. The summed E-state index contributed by atoms with van der Waals surface area (Å²) in [6.07, 6.45) is -2.71. The molecule has 0 aromatic rings. The third-order valence-electron chi connectivity index (χ3n) is 0.708. The van der Waals surface area contributed by atoms with Crippen molar-refractivity contribution in [2.75, 3.05) is 0 Å². The molecule has 2 nitrogen and oxygen atoms in total. The fraction of sp³-hybridized carbons (Fsp3) is 0.500. The molecular weight excluding hydrogens is 135 g/mol. The summed E-state index contributed by atoms with van der Waals surface area (Å²) in [6, 6.07) is -1.95. The SMILES string of the molecule is FC(F)(F)C1[C]O[C]=N1. The Morgan fingerprint density at radius 3 is 2.33 bits per heavy atom. The van der Waals surface area contributed by atoms with Gasteiger partial charge in [0.2, 0.25) is 6.61 Å². The Bertz CT molecular complexity index is 130. The van der Waals surface area contributed by atoms with Gasteiger partial charge >= 0.3 is 6.18 Å². The molecule has 1 unspecified atom stereocenters. The standard InChI is InChI=1S/C4HF3NO/c5-4(6,7)3-1-9-2-8-3/h3H. The van der Waals surface area contributed by atoms with Crippen LogP contribution in [0.4, 0.5) is 13.2 Å². The predicted octanol–water partition coefficient (Wildman–Crippen LogP) is 0.892. The average molecular weight is 136 g/mol. The van der Waals surface area contributed by atoms with Gasteiger partial charge in [0.15, 0.2) is 6.04 Å². The number of aliphatic imine (C=N–C) groups is 1. The van der Waals surface area contributed by atoms with E-state index < -0.39 is 12.2 Å². The molecule has 0 saturated heterocycles. The molecule has 1 heterocycles. The van der Waals surface area contributed by atoms with E-state index in [-0.39, 0.29) is 0 Å². The van der Waals surface area contributed by atoms with Crippen molar-refractivity contribution < 1.29 is 17.9 Å². The van der Waals surface area contributed by atoms with Crippen molar-refractivity contribution in [1.29, 1.82) is 0 Å². The van der Waals surface area contributed by atoms with Crippen LogP contribution in [-0.2, 0) is 4.74 Å². The van der Waals surface area contributed by atoms with Crippen molar-refractivity contribution >= 4 is 6.40 Å². The van der Waals surface area contributed by atoms with Crippen molar-refractivity contribution in [2.24, 2.45) is 4.99 Å². The molecule has 1 rings (SSSR count). The second-order valence-corrected chi connectivity index (χ2v) is 1.38. The van der Waals surface area contributed by atoms with Gasteiger partial charge in [-0.15, -0.1) is 0 Å². The maximum absolute atomic E-state index is 11.5.